The Bertz CT molecular complexity index is 306. The van der Waals surface area contributed by atoms with Gasteiger partial charge in [0.25, 0.3) is 0 Å². The van der Waals surface area contributed by atoms with Crippen molar-refractivity contribution in [3.63, 3.8) is 0 Å². The predicted octanol–water partition coefficient (Wildman–Crippen LogP) is 6.77. The summed E-state index contributed by atoms with van der Waals surface area (Å²) < 4.78 is 5.62. The summed E-state index contributed by atoms with van der Waals surface area (Å²) >= 11 is 0. The van der Waals surface area contributed by atoms with E-state index in [0.717, 1.165) is 36.9 Å². The van der Waals surface area contributed by atoms with Gasteiger partial charge in [-0.3, -0.25) is 0 Å². The summed E-state index contributed by atoms with van der Waals surface area (Å²) in [4.78, 5) is 0. The van der Waals surface area contributed by atoms with Crippen LogP contribution in [0.3, 0.4) is 0 Å². The van der Waals surface area contributed by atoms with Gasteiger partial charge in [0.05, 0.1) is 0 Å². The number of hydrogen-bond donors (Lipinski definition) is 0. The normalized spacial score (nSPS) is 32.4. The highest BCUT2D eigenvalue weighted by Gasteiger charge is 2.30. The molecule has 0 aromatic carbocycles. The molecule has 0 radical (unpaired) electrons. The molecule has 0 spiro atoms. The van der Waals surface area contributed by atoms with E-state index in [1.54, 1.807) is 0 Å². The SMILES string of the molecule is CC/C=C\CCC[C@H]1CC[C@H](C2CCC(COCC)CC2)CC1. The van der Waals surface area contributed by atoms with Crippen LogP contribution in [0.4, 0.5) is 0 Å². The molecule has 0 heterocycles. The fourth-order valence-electron chi connectivity index (χ4n) is 4.87. The van der Waals surface area contributed by atoms with Crippen molar-refractivity contribution >= 4 is 0 Å². The molecule has 0 amide bonds. The Hall–Kier alpha value is -0.300. The Morgan fingerprint density at radius 1 is 0.783 bits per heavy atom. The van der Waals surface area contributed by atoms with Gasteiger partial charge in [0, 0.05) is 13.2 Å². The van der Waals surface area contributed by atoms with Gasteiger partial charge < -0.3 is 4.74 Å². The first-order valence-corrected chi connectivity index (χ1v) is 10.6. The van der Waals surface area contributed by atoms with E-state index in [2.05, 4.69) is 26.0 Å². The maximum absolute atomic E-state index is 5.62. The van der Waals surface area contributed by atoms with Crippen LogP contribution in [-0.2, 0) is 4.74 Å². The summed E-state index contributed by atoms with van der Waals surface area (Å²) in [7, 11) is 0. The quantitative estimate of drug-likeness (QED) is 0.336. The molecule has 0 aromatic rings. The number of rotatable bonds is 9. The first kappa shape index (κ1) is 19.0. The fraction of sp³-hybridized carbons (Fsp3) is 0.909. The molecule has 2 rings (SSSR count). The Kier molecular flexibility index (Phi) is 9.34. The lowest BCUT2D eigenvalue weighted by Gasteiger charge is -2.37. The molecule has 1 heteroatoms. The molecule has 2 fully saturated rings. The third kappa shape index (κ3) is 6.99. The standard InChI is InChI=1S/C22H40O/c1-3-5-6-7-8-9-19-10-14-21(15-11-19)22-16-12-20(13-17-22)18-23-4-2/h5-6,19-22H,3-4,7-18H2,1-2H3/b6-5-/t19-,20?,21-,22?. The summed E-state index contributed by atoms with van der Waals surface area (Å²) in [6.45, 7) is 6.24. The summed E-state index contributed by atoms with van der Waals surface area (Å²) in [5.74, 6) is 4.00. The van der Waals surface area contributed by atoms with Gasteiger partial charge >= 0.3 is 0 Å². The van der Waals surface area contributed by atoms with Crippen molar-refractivity contribution in [2.45, 2.75) is 90.9 Å². The molecule has 0 bridgehead atoms. The van der Waals surface area contributed by atoms with E-state index in [-0.39, 0.29) is 0 Å². The highest BCUT2D eigenvalue weighted by molar-refractivity contribution is 4.83. The molecule has 23 heavy (non-hydrogen) atoms. The van der Waals surface area contributed by atoms with E-state index >= 15 is 0 Å². The van der Waals surface area contributed by atoms with Crippen molar-refractivity contribution in [1.29, 1.82) is 0 Å². The number of hydrogen-bond acceptors (Lipinski definition) is 1. The van der Waals surface area contributed by atoms with Crippen LogP contribution in [0.5, 0.6) is 0 Å². The Morgan fingerprint density at radius 2 is 1.39 bits per heavy atom. The van der Waals surface area contributed by atoms with Crippen LogP contribution in [-0.4, -0.2) is 13.2 Å². The molecular weight excluding hydrogens is 280 g/mol. The van der Waals surface area contributed by atoms with Crippen molar-refractivity contribution in [1.82, 2.24) is 0 Å². The zero-order valence-corrected chi connectivity index (χ0v) is 15.8. The van der Waals surface area contributed by atoms with Crippen LogP contribution in [0.15, 0.2) is 12.2 Å². The van der Waals surface area contributed by atoms with Crippen molar-refractivity contribution in [3.05, 3.63) is 12.2 Å². The molecular formula is C22H40O. The molecule has 0 unspecified atom stereocenters. The zero-order valence-electron chi connectivity index (χ0n) is 15.8. The van der Waals surface area contributed by atoms with Crippen molar-refractivity contribution < 1.29 is 4.74 Å². The largest absolute Gasteiger partial charge is 0.381 e. The summed E-state index contributed by atoms with van der Waals surface area (Å²) in [5, 5.41) is 0. The second-order valence-electron chi connectivity index (χ2n) is 8.03. The van der Waals surface area contributed by atoms with Crippen LogP contribution in [0.1, 0.15) is 90.9 Å². The third-order valence-corrected chi connectivity index (χ3v) is 6.39. The van der Waals surface area contributed by atoms with Gasteiger partial charge in [-0.15, -0.1) is 0 Å². The molecule has 2 aliphatic carbocycles. The molecule has 134 valence electrons. The first-order valence-electron chi connectivity index (χ1n) is 10.6. The van der Waals surface area contributed by atoms with Gasteiger partial charge in [-0.2, -0.15) is 0 Å². The van der Waals surface area contributed by atoms with Gasteiger partial charge in [-0.1, -0.05) is 38.3 Å². The smallest absolute Gasteiger partial charge is 0.0494 e. The highest BCUT2D eigenvalue weighted by atomic mass is 16.5. The monoisotopic (exact) mass is 320 g/mol. The van der Waals surface area contributed by atoms with Gasteiger partial charge in [0.2, 0.25) is 0 Å². The lowest BCUT2D eigenvalue weighted by atomic mass is 9.69. The lowest BCUT2D eigenvalue weighted by molar-refractivity contribution is 0.0710. The Balaban J connectivity index is 1.57. The van der Waals surface area contributed by atoms with Gasteiger partial charge in [-0.05, 0) is 88.4 Å². The van der Waals surface area contributed by atoms with Crippen LogP contribution >= 0.6 is 0 Å². The minimum Gasteiger partial charge on any atom is -0.381 e. The summed E-state index contributed by atoms with van der Waals surface area (Å²) in [6.07, 6.45) is 22.0. The molecule has 0 atom stereocenters. The van der Waals surface area contributed by atoms with E-state index < -0.39 is 0 Å². The Labute approximate surface area is 145 Å². The molecule has 0 aromatic heterocycles. The highest BCUT2D eigenvalue weighted by Crippen LogP contribution is 2.42. The zero-order chi connectivity index (χ0) is 16.3. The molecule has 0 N–H and O–H groups in total. The van der Waals surface area contributed by atoms with Crippen molar-refractivity contribution in [2.75, 3.05) is 13.2 Å². The predicted molar refractivity (Wildman–Crippen MR) is 101 cm³/mol. The summed E-state index contributed by atoms with van der Waals surface area (Å²) in [5.41, 5.74) is 0. The van der Waals surface area contributed by atoms with Gasteiger partial charge in [-0.25, -0.2) is 0 Å². The maximum Gasteiger partial charge on any atom is 0.0494 e. The molecule has 2 saturated carbocycles. The van der Waals surface area contributed by atoms with E-state index in [0.29, 0.717) is 0 Å². The van der Waals surface area contributed by atoms with Crippen molar-refractivity contribution in [2.24, 2.45) is 23.7 Å². The van der Waals surface area contributed by atoms with E-state index in [1.165, 1.54) is 77.0 Å². The maximum atomic E-state index is 5.62. The fourth-order valence-corrected chi connectivity index (χ4v) is 4.87. The topological polar surface area (TPSA) is 9.23 Å². The minimum atomic E-state index is 0.860. The third-order valence-electron chi connectivity index (χ3n) is 6.39. The number of ether oxygens (including phenoxy) is 1. The van der Waals surface area contributed by atoms with Gasteiger partial charge in [0.1, 0.15) is 0 Å². The second kappa shape index (κ2) is 11.3. The summed E-state index contributed by atoms with van der Waals surface area (Å²) in [6, 6.07) is 0. The van der Waals surface area contributed by atoms with E-state index in [4.69, 9.17) is 4.74 Å². The molecule has 0 aliphatic heterocycles. The molecule has 2 aliphatic rings. The van der Waals surface area contributed by atoms with Crippen LogP contribution in [0.25, 0.3) is 0 Å². The second-order valence-corrected chi connectivity index (χ2v) is 8.03. The Morgan fingerprint density at radius 3 is 1.96 bits per heavy atom. The first-order chi connectivity index (χ1) is 11.3. The number of allylic oxidation sites excluding steroid dienone is 2. The van der Waals surface area contributed by atoms with Crippen LogP contribution < -0.4 is 0 Å². The van der Waals surface area contributed by atoms with E-state index in [1.807, 2.05) is 0 Å². The number of unbranched alkanes of at least 4 members (excludes halogenated alkanes) is 1. The lowest BCUT2D eigenvalue weighted by Crippen LogP contribution is -2.27. The average molecular weight is 321 g/mol. The van der Waals surface area contributed by atoms with Crippen LogP contribution in [0.2, 0.25) is 0 Å². The molecule has 1 nitrogen and oxygen atoms in total. The average Bonchev–Trinajstić information content (AvgIpc) is 2.61. The minimum absolute atomic E-state index is 0.860. The van der Waals surface area contributed by atoms with Crippen LogP contribution in [0, 0.1) is 23.7 Å². The van der Waals surface area contributed by atoms with Crippen molar-refractivity contribution in [3.8, 4) is 0 Å². The van der Waals surface area contributed by atoms with E-state index in [9.17, 15) is 0 Å². The molecule has 0 saturated heterocycles. The van der Waals surface area contributed by atoms with Gasteiger partial charge in [0.15, 0.2) is 0 Å².